The molecule has 2 heterocycles. The Morgan fingerprint density at radius 2 is 1.79 bits per heavy atom. The number of alkyl halides is 3. The minimum atomic E-state index is -4.62. The van der Waals surface area contributed by atoms with E-state index in [0.29, 0.717) is 22.0 Å². The maximum Gasteiger partial charge on any atom is 0.455 e. The highest BCUT2D eigenvalue weighted by molar-refractivity contribution is 6.32. The Morgan fingerprint density at radius 1 is 1.06 bits per heavy atom. The van der Waals surface area contributed by atoms with Gasteiger partial charge in [0.1, 0.15) is 6.54 Å². The number of para-hydroxylation sites is 1. The molecule has 1 aliphatic carbocycles. The lowest BCUT2D eigenvalue weighted by molar-refractivity contribution is -0.145. The molecule has 0 amide bonds. The lowest BCUT2D eigenvalue weighted by Crippen LogP contribution is -2.11. The van der Waals surface area contributed by atoms with Gasteiger partial charge in [-0.2, -0.15) is 28.3 Å². The molecule has 5 rings (SSSR count). The van der Waals surface area contributed by atoms with Crippen LogP contribution in [0.15, 0.2) is 84.6 Å². The van der Waals surface area contributed by atoms with E-state index in [1.54, 1.807) is 47.3 Å². The molecule has 2 aromatic carbocycles. The average Bonchev–Trinajstić information content (AvgIpc) is 3.67. The van der Waals surface area contributed by atoms with Crippen molar-refractivity contribution in [2.24, 2.45) is 0 Å². The summed E-state index contributed by atoms with van der Waals surface area (Å²) >= 11 is 12.0. The molecule has 4 aromatic rings. The van der Waals surface area contributed by atoms with E-state index < -0.39 is 12.0 Å². The van der Waals surface area contributed by atoms with Gasteiger partial charge in [-0.15, -0.1) is 10.2 Å². The zero-order valence-corrected chi connectivity index (χ0v) is 27.6. The van der Waals surface area contributed by atoms with Gasteiger partial charge in [0.25, 0.3) is 5.82 Å². The van der Waals surface area contributed by atoms with Crippen LogP contribution in [0.4, 0.5) is 18.9 Å². The Labute approximate surface area is 281 Å². The first-order valence-corrected chi connectivity index (χ1v) is 15.1. The van der Waals surface area contributed by atoms with E-state index in [2.05, 4.69) is 62.5 Å². The van der Waals surface area contributed by atoms with Crippen LogP contribution in [0.5, 0.6) is 0 Å². The van der Waals surface area contributed by atoms with Crippen molar-refractivity contribution in [3.05, 3.63) is 124 Å². The fourth-order valence-electron chi connectivity index (χ4n) is 4.43. The highest BCUT2D eigenvalue weighted by Crippen LogP contribution is 2.26. The lowest BCUT2D eigenvalue weighted by Gasteiger charge is -2.09. The van der Waals surface area contributed by atoms with Crippen LogP contribution in [-0.4, -0.2) is 43.6 Å². The van der Waals surface area contributed by atoms with Crippen molar-refractivity contribution < 1.29 is 13.2 Å². The van der Waals surface area contributed by atoms with E-state index in [9.17, 15) is 13.2 Å². The predicted octanol–water partition coefficient (Wildman–Crippen LogP) is 8.00. The summed E-state index contributed by atoms with van der Waals surface area (Å²) in [4.78, 5) is 0.849. The highest BCUT2D eigenvalue weighted by Gasteiger charge is 2.36. The fourth-order valence-corrected chi connectivity index (χ4v) is 4.90. The maximum atomic E-state index is 12.5. The molecule has 0 spiro atoms. The number of nitrogens with zero attached hydrogens (tertiary/aromatic N) is 7. The molecule has 0 bridgehead atoms. The predicted molar refractivity (Wildman–Crippen MR) is 180 cm³/mol. The Kier molecular flexibility index (Phi) is 13.5. The van der Waals surface area contributed by atoms with Crippen molar-refractivity contribution in [3.63, 3.8) is 0 Å². The number of halogens is 5. The molecule has 0 aliphatic heterocycles. The van der Waals surface area contributed by atoms with Crippen LogP contribution in [-0.2, 0) is 12.7 Å². The number of nitriles is 1. The van der Waals surface area contributed by atoms with Gasteiger partial charge in [-0.25, -0.2) is 4.68 Å². The monoisotopic (exact) mass is 683 g/mol. The topological polar surface area (TPSA) is 109 Å². The minimum Gasteiger partial charge on any atom is -0.362 e. The molecule has 2 N–H and O–H groups in total. The van der Waals surface area contributed by atoms with Crippen LogP contribution in [0, 0.1) is 25.2 Å². The van der Waals surface area contributed by atoms with Gasteiger partial charge in [-0.05, 0) is 92.2 Å². The number of nitrogens with one attached hydrogen (secondary N) is 2. The fraction of sp³-hybridized carbons (Fsp3) is 0.242. The van der Waals surface area contributed by atoms with Gasteiger partial charge >= 0.3 is 6.18 Å². The summed E-state index contributed by atoms with van der Waals surface area (Å²) in [6.07, 6.45) is 5.21. The molecule has 246 valence electrons. The van der Waals surface area contributed by atoms with Gasteiger partial charge in [0.05, 0.1) is 28.0 Å². The van der Waals surface area contributed by atoms with Crippen molar-refractivity contribution in [1.82, 2.24) is 35.3 Å². The van der Waals surface area contributed by atoms with Crippen LogP contribution < -0.4 is 10.6 Å². The van der Waals surface area contributed by atoms with Crippen LogP contribution >= 0.6 is 23.2 Å². The Bertz CT molecular complexity index is 1800. The molecule has 0 radical (unpaired) electrons. The Balaban J connectivity index is 0.000000213. The standard InChI is InChI=1S/C13H10ClF3N6.C12H12N2.C8H12ClN/c1-8-6-9(7-22-20-12(18-21-22)13(15,16)17)19-23(8)11-5-3-2-4-10(11)14;1-4-11-7-10(8-13)6-9(3)12(11)14-5-2;1-10-6-7-4-2-3-5-8(7)9/h2-6H,7H2,1H3;4-7,14H,1-2H2,3H3;4-5,10H,2-3,6H2,1H3. The number of aryl methyl sites for hydroxylation is 2. The molecule has 0 atom stereocenters. The van der Waals surface area contributed by atoms with Gasteiger partial charge in [0.2, 0.25) is 0 Å². The SMILES string of the molecule is C=CNc1c(C)cc(C#N)cc1C=C.CNCC1=CCCC=C1Cl.Cc1cc(Cn2nnc(C(F)(F)F)n2)nn1-c1ccccc1Cl. The first kappa shape index (κ1) is 36.8. The molecule has 0 unspecified atom stereocenters. The second-order valence-corrected chi connectivity index (χ2v) is 10.9. The van der Waals surface area contributed by atoms with E-state index in [1.165, 1.54) is 5.57 Å². The Hall–Kier alpha value is -4.70. The summed E-state index contributed by atoms with van der Waals surface area (Å²) in [5.74, 6) is -1.28. The maximum absolute atomic E-state index is 12.5. The highest BCUT2D eigenvalue weighted by atomic mass is 35.5. The van der Waals surface area contributed by atoms with E-state index in [1.807, 2.05) is 33.0 Å². The molecule has 0 fully saturated rings. The molecule has 14 heteroatoms. The molecular formula is C33H34Cl2F3N9. The van der Waals surface area contributed by atoms with Crippen molar-refractivity contribution in [2.45, 2.75) is 39.4 Å². The minimum absolute atomic E-state index is 0.0264. The van der Waals surface area contributed by atoms with E-state index in [4.69, 9.17) is 28.5 Å². The van der Waals surface area contributed by atoms with Gasteiger partial charge in [-0.3, -0.25) is 0 Å². The molecule has 0 saturated heterocycles. The third kappa shape index (κ3) is 10.4. The summed E-state index contributed by atoms with van der Waals surface area (Å²) in [7, 11) is 1.93. The van der Waals surface area contributed by atoms with Crippen LogP contribution in [0.3, 0.4) is 0 Å². The summed E-state index contributed by atoms with van der Waals surface area (Å²) < 4.78 is 39.0. The Morgan fingerprint density at radius 3 is 2.38 bits per heavy atom. The molecular weight excluding hydrogens is 650 g/mol. The van der Waals surface area contributed by atoms with Crippen molar-refractivity contribution >= 4 is 35.0 Å². The van der Waals surface area contributed by atoms with Crippen molar-refractivity contribution in [3.8, 4) is 11.8 Å². The second-order valence-electron chi connectivity index (χ2n) is 10.1. The van der Waals surface area contributed by atoms with Crippen molar-refractivity contribution in [1.29, 1.82) is 5.26 Å². The van der Waals surface area contributed by atoms with Gasteiger partial charge in [-0.1, -0.05) is 66.7 Å². The third-order valence-corrected chi connectivity index (χ3v) is 7.26. The van der Waals surface area contributed by atoms with Gasteiger partial charge < -0.3 is 10.6 Å². The third-order valence-electron chi connectivity index (χ3n) is 6.54. The van der Waals surface area contributed by atoms with Crippen LogP contribution in [0.1, 0.15) is 46.7 Å². The number of likely N-dealkylation sites (N-methyl/N-ethyl adjacent to an activating group) is 1. The van der Waals surface area contributed by atoms with E-state index in [0.717, 1.165) is 51.7 Å². The normalized spacial score (nSPS) is 12.3. The summed E-state index contributed by atoms with van der Waals surface area (Å²) in [5, 5.41) is 30.3. The first-order valence-electron chi connectivity index (χ1n) is 14.3. The molecule has 0 saturated carbocycles. The van der Waals surface area contributed by atoms with Gasteiger partial charge in [0, 0.05) is 23.0 Å². The summed E-state index contributed by atoms with van der Waals surface area (Å²) in [6.45, 7) is 11.9. The number of benzene rings is 2. The molecule has 9 nitrogen and oxygen atoms in total. The van der Waals surface area contributed by atoms with E-state index >= 15 is 0 Å². The number of rotatable bonds is 8. The van der Waals surface area contributed by atoms with Gasteiger partial charge in [0.15, 0.2) is 0 Å². The lowest BCUT2D eigenvalue weighted by atomic mass is 10.0. The molecule has 47 heavy (non-hydrogen) atoms. The zero-order valence-electron chi connectivity index (χ0n) is 26.1. The largest absolute Gasteiger partial charge is 0.455 e. The number of allylic oxidation sites excluding steroid dienone is 2. The number of anilines is 1. The summed E-state index contributed by atoms with van der Waals surface area (Å²) in [5.41, 5.74) is 6.72. The van der Waals surface area contributed by atoms with Crippen LogP contribution in [0.25, 0.3) is 11.8 Å². The number of tetrazole rings is 1. The first-order chi connectivity index (χ1) is 22.4. The zero-order chi connectivity index (χ0) is 34.6. The summed E-state index contributed by atoms with van der Waals surface area (Å²) in [6, 6.07) is 14.6. The quantitative estimate of drug-likeness (QED) is 0.194. The van der Waals surface area contributed by atoms with Crippen molar-refractivity contribution in [2.75, 3.05) is 18.9 Å². The van der Waals surface area contributed by atoms with E-state index in [-0.39, 0.29) is 6.54 Å². The van der Waals surface area contributed by atoms with Crippen LogP contribution in [0.2, 0.25) is 5.02 Å². The average molecular weight is 685 g/mol. The molecule has 1 aliphatic rings. The number of hydrogen-bond donors (Lipinski definition) is 2. The number of aromatic nitrogens is 6. The second kappa shape index (κ2) is 17.3. The molecule has 2 aromatic heterocycles. The number of hydrogen-bond acceptors (Lipinski definition) is 7. The smallest absolute Gasteiger partial charge is 0.362 e.